The molecule has 0 aliphatic carbocycles. The van der Waals surface area contributed by atoms with Gasteiger partial charge in [0.1, 0.15) is 0 Å². The predicted molar refractivity (Wildman–Crippen MR) is 72.7 cm³/mol. The largest absolute Gasteiger partial charge is 0.395 e. The van der Waals surface area contributed by atoms with Gasteiger partial charge in [-0.05, 0) is 12.8 Å². The van der Waals surface area contributed by atoms with Crippen molar-refractivity contribution in [2.24, 2.45) is 5.92 Å². The van der Waals surface area contributed by atoms with Gasteiger partial charge in [-0.25, -0.2) is 0 Å². The molecule has 2 N–H and O–H groups in total. The summed E-state index contributed by atoms with van der Waals surface area (Å²) in [6.45, 7) is 1.13. The lowest BCUT2D eigenvalue weighted by Crippen LogP contribution is -2.48. The summed E-state index contributed by atoms with van der Waals surface area (Å²) in [5.74, 6) is 0.0490. The summed E-state index contributed by atoms with van der Waals surface area (Å²) in [6.07, 6.45) is 2.81. The number of benzene rings is 1. The molecule has 4 heteroatoms. The van der Waals surface area contributed by atoms with E-state index in [4.69, 9.17) is 0 Å². The smallest absolute Gasteiger partial charge is 0.167 e. The Morgan fingerprint density at radius 3 is 2.58 bits per heavy atom. The summed E-state index contributed by atoms with van der Waals surface area (Å²) in [5, 5.41) is 18.4. The van der Waals surface area contributed by atoms with Crippen molar-refractivity contribution >= 4 is 5.78 Å². The van der Waals surface area contributed by atoms with Crippen LogP contribution in [-0.4, -0.2) is 53.2 Å². The predicted octanol–water partition coefficient (Wildman–Crippen LogP) is 0.749. The van der Waals surface area contributed by atoms with E-state index in [9.17, 15) is 15.0 Å². The highest BCUT2D eigenvalue weighted by Gasteiger charge is 2.29. The first-order chi connectivity index (χ1) is 9.26. The summed E-state index contributed by atoms with van der Waals surface area (Å²) in [4.78, 5) is 14.3. The number of carbonyl (C=O) groups excluding carboxylic acids is 1. The third kappa shape index (κ3) is 3.41. The molecular formula is C15H20NO3. The van der Waals surface area contributed by atoms with Crippen LogP contribution in [0.1, 0.15) is 16.8 Å². The molecule has 19 heavy (non-hydrogen) atoms. The second-order valence-corrected chi connectivity index (χ2v) is 4.92. The average Bonchev–Trinajstić information content (AvgIpc) is 2.49. The van der Waals surface area contributed by atoms with E-state index >= 15 is 0 Å². The molecule has 1 atom stereocenters. The van der Waals surface area contributed by atoms with Crippen molar-refractivity contribution in [3.05, 3.63) is 42.3 Å². The minimum Gasteiger partial charge on any atom is -0.395 e. The SMILES string of the molecule is O=C(c1ccccc1)C1C[CH]CN(C(CO)CO)C1. The number of nitrogens with zero attached hydrogens (tertiary/aromatic N) is 1. The van der Waals surface area contributed by atoms with Crippen LogP contribution in [-0.2, 0) is 0 Å². The molecule has 0 amide bonds. The lowest BCUT2D eigenvalue weighted by molar-refractivity contribution is 0.0514. The monoisotopic (exact) mass is 262 g/mol. The van der Waals surface area contributed by atoms with Gasteiger partial charge in [-0.15, -0.1) is 0 Å². The van der Waals surface area contributed by atoms with Gasteiger partial charge in [0.05, 0.1) is 19.3 Å². The van der Waals surface area contributed by atoms with Gasteiger partial charge in [0.2, 0.25) is 0 Å². The van der Waals surface area contributed by atoms with Gasteiger partial charge >= 0.3 is 0 Å². The summed E-state index contributed by atoms with van der Waals surface area (Å²) in [7, 11) is 0. The molecule has 1 aromatic carbocycles. The van der Waals surface area contributed by atoms with Crippen LogP contribution in [0.25, 0.3) is 0 Å². The Bertz CT molecular complexity index is 403. The van der Waals surface area contributed by atoms with E-state index < -0.39 is 0 Å². The number of piperidine rings is 1. The first-order valence-corrected chi connectivity index (χ1v) is 6.63. The number of likely N-dealkylation sites (tertiary alicyclic amines) is 1. The normalized spacial score (nSPS) is 20.7. The van der Waals surface area contributed by atoms with Crippen LogP contribution >= 0.6 is 0 Å². The van der Waals surface area contributed by atoms with Crippen LogP contribution in [0.4, 0.5) is 0 Å². The third-order valence-electron chi connectivity index (χ3n) is 3.64. The molecule has 0 spiro atoms. The first-order valence-electron chi connectivity index (χ1n) is 6.63. The second-order valence-electron chi connectivity index (χ2n) is 4.92. The Labute approximate surface area is 113 Å². The Kier molecular flexibility index (Phi) is 5.07. The second kappa shape index (κ2) is 6.80. The number of rotatable bonds is 5. The molecule has 0 bridgehead atoms. The quantitative estimate of drug-likeness (QED) is 0.769. The van der Waals surface area contributed by atoms with Crippen LogP contribution in [0, 0.1) is 12.3 Å². The fraction of sp³-hybridized carbons (Fsp3) is 0.467. The molecular weight excluding hydrogens is 242 g/mol. The highest BCUT2D eigenvalue weighted by atomic mass is 16.3. The highest BCUT2D eigenvalue weighted by Crippen LogP contribution is 2.21. The third-order valence-corrected chi connectivity index (χ3v) is 3.64. The molecule has 1 saturated heterocycles. The average molecular weight is 262 g/mol. The van der Waals surface area contributed by atoms with Gasteiger partial charge in [0.25, 0.3) is 0 Å². The van der Waals surface area contributed by atoms with Gasteiger partial charge < -0.3 is 10.2 Å². The summed E-state index contributed by atoms with van der Waals surface area (Å²) in [6, 6.07) is 9.00. The number of carbonyl (C=O) groups is 1. The fourth-order valence-corrected chi connectivity index (χ4v) is 2.49. The van der Waals surface area contributed by atoms with E-state index in [0.717, 1.165) is 12.0 Å². The van der Waals surface area contributed by atoms with E-state index in [1.165, 1.54) is 0 Å². The zero-order valence-electron chi connectivity index (χ0n) is 10.9. The van der Waals surface area contributed by atoms with E-state index in [-0.39, 0.29) is 31.0 Å². The van der Waals surface area contributed by atoms with Gasteiger partial charge in [0.15, 0.2) is 5.78 Å². The van der Waals surface area contributed by atoms with Crippen molar-refractivity contribution in [2.75, 3.05) is 26.3 Å². The molecule has 1 aromatic rings. The summed E-state index contributed by atoms with van der Waals surface area (Å²) >= 11 is 0. The molecule has 0 aromatic heterocycles. The fourth-order valence-electron chi connectivity index (χ4n) is 2.49. The van der Waals surface area contributed by atoms with Crippen molar-refractivity contribution in [1.29, 1.82) is 0 Å². The van der Waals surface area contributed by atoms with Crippen LogP contribution < -0.4 is 0 Å². The van der Waals surface area contributed by atoms with Crippen molar-refractivity contribution < 1.29 is 15.0 Å². The first kappa shape index (κ1) is 14.2. The van der Waals surface area contributed by atoms with Gasteiger partial charge in [-0.2, -0.15) is 0 Å². The maximum Gasteiger partial charge on any atom is 0.167 e. The molecule has 1 heterocycles. The number of aliphatic hydroxyl groups is 2. The van der Waals surface area contributed by atoms with Crippen molar-refractivity contribution in [3.63, 3.8) is 0 Å². The lowest BCUT2D eigenvalue weighted by atomic mass is 9.89. The van der Waals surface area contributed by atoms with Crippen molar-refractivity contribution in [3.8, 4) is 0 Å². The molecule has 1 radical (unpaired) electrons. The Morgan fingerprint density at radius 1 is 1.26 bits per heavy atom. The molecule has 0 saturated carbocycles. The standard InChI is InChI=1S/C15H20NO3/c17-10-14(11-18)16-8-4-7-13(9-16)15(19)12-5-2-1-3-6-12/h1-6,13-14,17-18H,7-11H2. The number of hydrogen-bond acceptors (Lipinski definition) is 4. The zero-order chi connectivity index (χ0) is 13.7. The molecule has 1 unspecified atom stereocenters. The summed E-state index contributed by atoms with van der Waals surface area (Å²) in [5.41, 5.74) is 0.729. The summed E-state index contributed by atoms with van der Waals surface area (Å²) < 4.78 is 0. The maximum absolute atomic E-state index is 12.4. The van der Waals surface area contributed by atoms with Crippen LogP contribution in [0.2, 0.25) is 0 Å². The lowest BCUT2D eigenvalue weighted by Gasteiger charge is -2.36. The highest BCUT2D eigenvalue weighted by molar-refractivity contribution is 5.98. The zero-order valence-corrected chi connectivity index (χ0v) is 10.9. The van der Waals surface area contributed by atoms with E-state index in [0.29, 0.717) is 13.1 Å². The van der Waals surface area contributed by atoms with Gasteiger partial charge in [0, 0.05) is 24.6 Å². The number of hydrogen-bond donors (Lipinski definition) is 2. The molecule has 1 aliphatic rings. The van der Waals surface area contributed by atoms with Crippen molar-refractivity contribution in [2.45, 2.75) is 12.5 Å². The molecule has 2 rings (SSSR count). The Balaban J connectivity index is 2.03. The van der Waals surface area contributed by atoms with Gasteiger partial charge in [-0.1, -0.05) is 30.3 Å². The topological polar surface area (TPSA) is 60.8 Å². The van der Waals surface area contributed by atoms with Crippen LogP contribution in [0.3, 0.4) is 0 Å². The Morgan fingerprint density at radius 2 is 1.95 bits per heavy atom. The van der Waals surface area contributed by atoms with E-state index in [1.807, 2.05) is 41.7 Å². The molecule has 1 aliphatic heterocycles. The van der Waals surface area contributed by atoms with Crippen LogP contribution in [0.5, 0.6) is 0 Å². The van der Waals surface area contributed by atoms with Crippen LogP contribution in [0.15, 0.2) is 30.3 Å². The minimum absolute atomic E-state index is 0.0863. The number of aliphatic hydroxyl groups excluding tert-OH is 2. The number of Topliss-reactive ketones (excluding diaryl/α,β-unsaturated/α-hetero) is 1. The van der Waals surface area contributed by atoms with Gasteiger partial charge in [-0.3, -0.25) is 9.69 Å². The van der Waals surface area contributed by atoms with Crippen molar-refractivity contribution in [1.82, 2.24) is 4.90 Å². The Hall–Kier alpha value is -1.23. The van der Waals surface area contributed by atoms with E-state index in [1.54, 1.807) is 0 Å². The molecule has 4 nitrogen and oxygen atoms in total. The minimum atomic E-state index is -0.275. The molecule has 1 fully saturated rings. The number of ketones is 1. The maximum atomic E-state index is 12.4. The van der Waals surface area contributed by atoms with E-state index in [2.05, 4.69) is 0 Å². The molecule has 103 valence electrons.